The van der Waals surface area contributed by atoms with Crippen molar-refractivity contribution < 1.29 is 19.6 Å². The lowest BCUT2D eigenvalue weighted by Crippen LogP contribution is -2.06. The van der Waals surface area contributed by atoms with E-state index in [1.807, 2.05) is 5.92 Å². The number of carbonyl (C=O) groups excluding carboxylic acids is 1. The fraction of sp³-hybridized carbons (Fsp3) is 0. The maximum Gasteiger partial charge on any atom is 0.342 e. The predicted octanol–water partition coefficient (Wildman–Crippen LogP) is 0.130. The quantitative estimate of drug-likeness (QED) is 0.427. The second-order valence-electron chi connectivity index (χ2n) is 2.91. The lowest BCUT2D eigenvalue weighted by atomic mass is 10.1. The second-order valence-corrected chi connectivity index (χ2v) is 2.91. The van der Waals surface area contributed by atoms with E-state index in [1.165, 1.54) is 6.07 Å². The molecule has 0 aliphatic heterocycles. The molecule has 0 aliphatic carbocycles. The van der Waals surface area contributed by atoms with Gasteiger partial charge in [-0.2, -0.15) is 0 Å². The number of aromatic carboxylic acids is 1. The van der Waals surface area contributed by atoms with Crippen LogP contribution in [0.3, 0.4) is 0 Å². The summed E-state index contributed by atoms with van der Waals surface area (Å²) in [4.78, 5) is 30.9. The Labute approximate surface area is 95.0 Å². The van der Waals surface area contributed by atoms with E-state index in [2.05, 4.69) is 5.92 Å². The Hall–Kier alpha value is -2.88. The third-order valence-corrected chi connectivity index (χ3v) is 1.75. The van der Waals surface area contributed by atoms with E-state index in [0.29, 0.717) is 0 Å². The fourth-order valence-electron chi connectivity index (χ4n) is 1.08. The number of amides is 1. The zero-order valence-corrected chi connectivity index (χ0v) is 8.34. The van der Waals surface area contributed by atoms with E-state index in [4.69, 9.17) is 10.8 Å². The number of primary amides is 1. The molecule has 1 amide bonds. The zero-order chi connectivity index (χ0) is 13.0. The summed E-state index contributed by atoms with van der Waals surface area (Å²) in [6.07, 6.45) is 0. The van der Waals surface area contributed by atoms with Crippen molar-refractivity contribution in [2.24, 2.45) is 5.73 Å². The van der Waals surface area contributed by atoms with Crippen LogP contribution in [0.5, 0.6) is 0 Å². The molecular formula is C10H6N2O5. The number of nitrogens with zero attached hydrogens (tertiary/aromatic N) is 1. The molecule has 86 valence electrons. The number of carbonyl (C=O) groups is 2. The average Bonchev–Trinajstić information content (AvgIpc) is 2.25. The summed E-state index contributed by atoms with van der Waals surface area (Å²) >= 11 is 0. The highest BCUT2D eigenvalue weighted by molar-refractivity contribution is 5.94. The standard InChI is InChI=1S/C10H6N2O5/c11-9(13)4-2-6-1-3-8(12(16)17)7(5-6)10(14)15/h1,3,5H,(H2,11,13)(H,14,15). The summed E-state index contributed by atoms with van der Waals surface area (Å²) in [5.74, 6) is 1.98. The van der Waals surface area contributed by atoms with Gasteiger partial charge in [0.1, 0.15) is 5.56 Å². The van der Waals surface area contributed by atoms with Crippen LogP contribution in [0.4, 0.5) is 5.69 Å². The summed E-state index contributed by atoms with van der Waals surface area (Å²) in [6.45, 7) is 0. The van der Waals surface area contributed by atoms with E-state index in [0.717, 1.165) is 12.1 Å². The Morgan fingerprint density at radius 1 is 1.41 bits per heavy atom. The first-order chi connectivity index (χ1) is 7.91. The van der Waals surface area contributed by atoms with Crippen LogP contribution < -0.4 is 5.73 Å². The monoisotopic (exact) mass is 234 g/mol. The van der Waals surface area contributed by atoms with Crippen LogP contribution in [0.15, 0.2) is 18.2 Å². The van der Waals surface area contributed by atoms with E-state index < -0.39 is 28.1 Å². The lowest BCUT2D eigenvalue weighted by Gasteiger charge is -1.98. The first-order valence-electron chi connectivity index (χ1n) is 4.25. The molecule has 0 atom stereocenters. The largest absolute Gasteiger partial charge is 0.477 e. The van der Waals surface area contributed by atoms with Gasteiger partial charge in [0, 0.05) is 11.6 Å². The summed E-state index contributed by atoms with van der Waals surface area (Å²) in [7, 11) is 0. The van der Waals surface area contributed by atoms with E-state index in [1.54, 1.807) is 0 Å². The third-order valence-electron chi connectivity index (χ3n) is 1.75. The number of hydrogen-bond donors (Lipinski definition) is 2. The molecule has 1 aromatic carbocycles. The molecule has 0 aromatic heterocycles. The molecule has 0 saturated carbocycles. The van der Waals surface area contributed by atoms with E-state index in [-0.39, 0.29) is 5.56 Å². The Morgan fingerprint density at radius 2 is 2.06 bits per heavy atom. The molecule has 7 nitrogen and oxygen atoms in total. The number of carboxylic acid groups (broad SMARTS) is 1. The van der Waals surface area contributed by atoms with Crippen molar-refractivity contribution in [2.75, 3.05) is 0 Å². The van der Waals surface area contributed by atoms with Crippen LogP contribution in [-0.4, -0.2) is 21.9 Å². The maximum absolute atomic E-state index is 10.8. The van der Waals surface area contributed by atoms with Crippen LogP contribution in [0, 0.1) is 22.0 Å². The van der Waals surface area contributed by atoms with E-state index in [9.17, 15) is 19.7 Å². The van der Waals surface area contributed by atoms with Gasteiger partial charge in [0.25, 0.3) is 11.6 Å². The molecule has 17 heavy (non-hydrogen) atoms. The minimum atomic E-state index is -1.44. The van der Waals surface area contributed by atoms with Crippen molar-refractivity contribution in [1.29, 1.82) is 0 Å². The zero-order valence-electron chi connectivity index (χ0n) is 8.34. The van der Waals surface area contributed by atoms with Gasteiger partial charge in [-0.25, -0.2) is 4.79 Å². The second kappa shape index (κ2) is 4.76. The van der Waals surface area contributed by atoms with Crippen LogP contribution in [0.2, 0.25) is 0 Å². The molecule has 0 spiro atoms. The summed E-state index contributed by atoms with van der Waals surface area (Å²) in [6, 6.07) is 3.26. The van der Waals surface area contributed by atoms with Gasteiger partial charge < -0.3 is 10.8 Å². The van der Waals surface area contributed by atoms with Crippen molar-refractivity contribution in [2.45, 2.75) is 0 Å². The number of benzene rings is 1. The van der Waals surface area contributed by atoms with Gasteiger partial charge in [0.2, 0.25) is 0 Å². The van der Waals surface area contributed by atoms with Gasteiger partial charge in [-0.3, -0.25) is 14.9 Å². The first kappa shape index (κ1) is 12.2. The fourth-order valence-corrected chi connectivity index (χ4v) is 1.08. The lowest BCUT2D eigenvalue weighted by molar-refractivity contribution is -0.385. The highest BCUT2D eigenvalue weighted by atomic mass is 16.6. The number of hydrogen-bond acceptors (Lipinski definition) is 4. The molecule has 3 N–H and O–H groups in total. The topological polar surface area (TPSA) is 124 Å². The number of nitro groups is 1. The van der Waals surface area contributed by atoms with E-state index >= 15 is 0 Å². The smallest absolute Gasteiger partial charge is 0.342 e. The van der Waals surface area contributed by atoms with Crippen LogP contribution in [0.1, 0.15) is 15.9 Å². The van der Waals surface area contributed by atoms with Gasteiger partial charge in [-0.15, -0.1) is 0 Å². The highest BCUT2D eigenvalue weighted by Gasteiger charge is 2.19. The van der Waals surface area contributed by atoms with Crippen LogP contribution in [-0.2, 0) is 4.79 Å². The van der Waals surface area contributed by atoms with Crippen LogP contribution in [0.25, 0.3) is 0 Å². The Bertz CT molecular complexity index is 568. The average molecular weight is 234 g/mol. The first-order valence-corrected chi connectivity index (χ1v) is 4.25. The molecule has 0 fully saturated rings. The molecule has 0 unspecified atom stereocenters. The van der Waals surface area contributed by atoms with Gasteiger partial charge >= 0.3 is 5.97 Å². The van der Waals surface area contributed by atoms with Crippen molar-refractivity contribution in [3.05, 3.63) is 39.4 Å². The summed E-state index contributed by atoms with van der Waals surface area (Å²) in [5.41, 5.74) is 3.90. The predicted molar refractivity (Wildman–Crippen MR) is 56.1 cm³/mol. The molecule has 1 aromatic rings. The van der Waals surface area contributed by atoms with Crippen LogP contribution >= 0.6 is 0 Å². The molecule has 0 saturated heterocycles. The maximum atomic E-state index is 10.8. The number of rotatable bonds is 2. The molecule has 0 heterocycles. The number of carboxylic acids is 1. The Morgan fingerprint density at radius 3 is 2.53 bits per heavy atom. The molecule has 0 aliphatic rings. The molecular weight excluding hydrogens is 228 g/mol. The van der Waals surface area contributed by atoms with Gasteiger partial charge in [0.05, 0.1) is 4.92 Å². The van der Waals surface area contributed by atoms with Gasteiger partial charge in [-0.05, 0) is 18.1 Å². The highest BCUT2D eigenvalue weighted by Crippen LogP contribution is 2.19. The number of nitro benzene ring substituents is 1. The normalized spacial score (nSPS) is 8.94. The van der Waals surface area contributed by atoms with Crippen molar-refractivity contribution >= 4 is 17.6 Å². The van der Waals surface area contributed by atoms with Crippen molar-refractivity contribution in [1.82, 2.24) is 0 Å². The Kier molecular flexibility index (Phi) is 3.41. The minimum Gasteiger partial charge on any atom is -0.477 e. The molecule has 7 heteroatoms. The molecule has 0 bridgehead atoms. The van der Waals surface area contributed by atoms with Crippen molar-refractivity contribution in [3.8, 4) is 11.8 Å². The third kappa shape index (κ3) is 3.04. The SMILES string of the molecule is NC(=O)C#Cc1ccc([N+](=O)[O-])c(C(=O)O)c1. The van der Waals surface area contributed by atoms with Gasteiger partial charge in [-0.1, -0.05) is 5.92 Å². The van der Waals surface area contributed by atoms with Crippen molar-refractivity contribution in [3.63, 3.8) is 0 Å². The molecule has 1 rings (SSSR count). The van der Waals surface area contributed by atoms with Gasteiger partial charge in [0.15, 0.2) is 0 Å². The summed E-state index contributed by atoms with van der Waals surface area (Å²) in [5, 5.41) is 19.3. The summed E-state index contributed by atoms with van der Waals surface area (Å²) < 4.78 is 0. The molecule has 0 radical (unpaired) electrons. The minimum absolute atomic E-state index is 0.159. The number of nitrogens with two attached hydrogens (primary N) is 1. The Balaban J connectivity index is 3.30.